The SMILES string of the molecule is C=C(C)[C@H](O)CC[C@@H](C)c1ccc(C)c(O)c1. The van der Waals surface area contributed by atoms with Crippen LogP contribution in [0.3, 0.4) is 0 Å². The van der Waals surface area contributed by atoms with E-state index in [4.69, 9.17) is 0 Å². The summed E-state index contributed by atoms with van der Waals surface area (Å²) in [6, 6.07) is 5.77. The van der Waals surface area contributed by atoms with E-state index in [1.54, 1.807) is 0 Å². The summed E-state index contributed by atoms with van der Waals surface area (Å²) in [5, 5.41) is 19.3. The number of rotatable bonds is 5. The molecule has 0 saturated carbocycles. The smallest absolute Gasteiger partial charge is 0.118 e. The van der Waals surface area contributed by atoms with Crippen molar-refractivity contribution >= 4 is 0 Å². The number of phenols is 1. The van der Waals surface area contributed by atoms with Crippen LogP contribution < -0.4 is 0 Å². The van der Waals surface area contributed by atoms with Crippen molar-refractivity contribution in [2.24, 2.45) is 0 Å². The van der Waals surface area contributed by atoms with Gasteiger partial charge in [0.2, 0.25) is 0 Å². The molecule has 1 aromatic rings. The topological polar surface area (TPSA) is 40.5 Å². The van der Waals surface area contributed by atoms with E-state index >= 15 is 0 Å². The third-order valence-corrected chi connectivity index (χ3v) is 3.24. The van der Waals surface area contributed by atoms with Gasteiger partial charge in [-0.1, -0.05) is 31.2 Å². The predicted molar refractivity (Wildman–Crippen MR) is 71.3 cm³/mol. The monoisotopic (exact) mass is 234 g/mol. The summed E-state index contributed by atoms with van der Waals surface area (Å²) in [5.74, 6) is 0.672. The third-order valence-electron chi connectivity index (χ3n) is 3.24. The highest BCUT2D eigenvalue weighted by Crippen LogP contribution is 2.27. The molecular weight excluding hydrogens is 212 g/mol. The fourth-order valence-electron chi connectivity index (χ4n) is 1.75. The van der Waals surface area contributed by atoms with Gasteiger partial charge in [0.25, 0.3) is 0 Å². The minimum Gasteiger partial charge on any atom is -0.508 e. The number of aromatic hydroxyl groups is 1. The van der Waals surface area contributed by atoms with E-state index in [-0.39, 0.29) is 0 Å². The zero-order chi connectivity index (χ0) is 13.0. The van der Waals surface area contributed by atoms with Crippen molar-refractivity contribution in [1.29, 1.82) is 0 Å². The van der Waals surface area contributed by atoms with E-state index in [0.717, 1.165) is 23.1 Å². The fourth-order valence-corrected chi connectivity index (χ4v) is 1.75. The van der Waals surface area contributed by atoms with Crippen molar-refractivity contribution in [3.8, 4) is 5.75 Å². The van der Waals surface area contributed by atoms with E-state index < -0.39 is 6.10 Å². The lowest BCUT2D eigenvalue weighted by molar-refractivity contribution is 0.195. The minimum atomic E-state index is -0.420. The summed E-state index contributed by atoms with van der Waals surface area (Å²) in [7, 11) is 0. The molecule has 0 spiro atoms. The highest BCUT2D eigenvalue weighted by Gasteiger charge is 2.11. The lowest BCUT2D eigenvalue weighted by atomic mass is 9.93. The summed E-state index contributed by atoms with van der Waals surface area (Å²) in [6.07, 6.45) is 1.18. The van der Waals surface area contributed by atoms with Gasteiger partial charge in [-0.3, -0.25) is 0 Å². The van der Waals surface area contributed by atoms with Crippen LogP contribution in [0.2, 0.25) is 0 Å². The van der Waals surface area contributed by atoms with Gasteiger partial charge in [-0.05, 0) is 49.8 Å². The first-order valence-corrected chi connectivity index (χ1v) is 6.04. The Morgan fingerprint density at radius 1 is 1.35 bits per heavy atom. The summed E-state index contributed by atoms with van der Waals surface area (Å²) in [5.41, 5.74) is 2.81. The van der Waals surface area contributed by atoms with Crippen molar-refractivity contribution < 1.29 is 10.2 Å². The molecule has 17 heavy (non-hydrogen) atoms. The first kappa shape index (κ1) is 13.8. The van der Waals surface area contributed by atoms with Crippen LogP contribution in [0.25, 0.3) is 0 Å². The number of phenolic OH excluding ortho intramolecular Hbond substituents is 1. The lowest BCUT2D eigenvalue weighted by Gasteiger charge is -2.16. The Balaban J connectivity index is 2.60. The second-order valence-corrected chi connectivity index (χ2v) is 4.89. The fraction of sp³-hybridized carbons (Fsp3) is 0.467. The molecule has 0 heterocycles. The normalized spacial score (nSPS) is 14.4. The maximum absolute atomic E-state index is 9.67. The zero-order valence-corrected chi connectivity index (χ0v) is 10.9. The molecule has 0 aliphatic carbocycles. The van der Waals surface area contributed by atoms with E-state index in [0.29, 0.717) is 18.1 Å². The van der Waals surface area contributed by atoms with Crippen molar-refractivity contribution in [2.45, 2.75) is 45.6 Å². The van der Waals surface area contributed by atoms with Gasteiger partial charge < -0.3 is 10.2 Å². The molecule has 0 aromatic heterocycles. The molecule has 0 saturated heterocycles. The van der Waals surface area contributed by atoms with Crippen LogP contribution in [-0.2, 0) is 0 Å². The Kier molecular flexibility index (Phi) is 4.76. The number of aryl methyl sites for hydroxylation is 1. The molecular formula is C15H22O2. The average molecular weight is 234 g/mol. The highest BCUT2D eigenvalue weighted by molar-refractivity contribution is 5.36. The highest BCUT2D eigenvalue weighted by atomic mass is 16.3. The number of benzene rings is 1. The quantitative estimate of drug-likeness (QED) is 0.765. The molecule has 2 heteroatoms. The Bertz CT molecular complexity index is 396. The van der Waals surface area contributed by atoms with Gasteiger partial charge >= 0.3 is 0 Å². The zero-order valence-electron chi connectivity index (χ0n) is 10.9. The van der Waals surface area contributed by atoms with Crippen molar-refractivity contribution in [3.05, 3.63) is 41.5 Å². The maximum Gasteiger partial charge on any atom is 0.118 e. The molecule has 0 fully saturated rings. The van der Waals surface area contributed by atoms with Crippen LogP contribution in [0.1, 0.15) is 43.7 Å². The predicted octanol–water partition coefficient (Wildman–Crippen LogP) is 3.52. The Morgan fingerprint density at radius 3 is 2.53 bits per heavy atom. The second kappa shape index (κ2) is 5.87. The van der Waals surface area contributed by atoms with Gasteiger partial charge in [0.05, 0.1) is 6.10 Å². The summed E-state index contributed by atoms with van der Waals surface area (Å²) in [6.45, 7) is 9.57. The van der Waals surface area contributed by atoms with Gasteiger partial charge in [-0.2, -0.15) is 0 Å². The Labute approximate surface area is 104 Å². The van der Waals surface area contributed by atoms with E-state index in [9.17, 15) is 10.2 Å². The molecule has 2 atom stereocenters. The third kappa shape index (κ3) is 3.90. The molecule has 0 unspecified atom stereocenters. The molecule has 0 aliphatic rings. The van der Waals surface area contributed by atoms with Crippen molar-refractivity contribution in [3.63, 3.8) is 0 Å². The Hall–Kier alpha value is -1.28. The van der Waals surface area contributed by atoms with Crippen LogP contribution >= 0.6 is 0 Å². The number of aliphatic hydroxyl groups excluding tert-OH is 1. The van der Waals surface area contributed by atoms with E-state index in [2.05, 4.69) is 13.5 Å². The summed E-state index contributed by atoms with van der Waals surface area (Å²) >= 11 is 0. The molecule has 1 aromatic carbocycles. The van der Waals surface area contributed by atoms with Crippen LogP contribution in [-0.4, -0.2) is 16.3 Å². The van der Waals surface area contributed by atoms with Gasteiger partial charge in [0.15, 0.2) is 0 Å². The average Bonchev–Trinajstić information content (AvgIpc) is 2.28. The first-order valence-electron chi connectivity index (χ1n) is 6.04. The molecule has 94 valence electrons. The molecule has 2 N–H and O–H groups in total. The van der Waals surface area contributed by atoms with Gasteiger partial charge in [0.1, 0.15) is 5.75 Å². The van der Waals surface area contributed by atoms with Gasteiger partial charge in [-0.15, -0.1) is 0 Å². The van der Waals surface area contributed by atoms with E-state index in [1.165, 1.54) is 0 Å². The van der Waals surface area contributed by atoms with Crippen LogP contribution in [0.4, 0.5) is 0 Å². The second-order valence-electron chi connectivity index (χ2n) is 4.89. The molecule has 0 bridgehead atoms. The van der Waals surface area contributed by atoms with Crippen molar-refractivity contribution in [2.75, 3.05) is 0 Å². The molecule has 2 nitrogen and oxygen atoms in total. The number of hydrogen-bond donors (Lipinski definition) is 2. The van der Waals surface area contributed by atoms with Crippen LogP contribution in [0.15, 0.2) is 30.4 Å². The molecule has 0 aliphatic heterocycles. The van der Waals surface area contributed by atoms with E-state index in [1.807, 2.05) is 32.0 Å². The van der Waals surface area contributed by atoms with Gasteiger partial charge in [-0.25, -0.2) is 0 Å². The molecule has 0 radical (unpaired) electrons. The van der Waals surface area contributed by atoms with Crippen LogP contribution in [0, 0.1) is 6.92 Å². The number of hydrogen-bond acceptors (Lipinski definition) is 2. The molecule has 1 rings (SSSR count). The van der Waals surface area contributed by atoms with Gasteiger partial charge in [0, 0.05) is 0 Å². The standard InChI is InChI=1S/C15H22O2/c1-10(2)14(16)8-6-11(3)13-7-5-12(4)15(17)9-13/h5,7,9,11,14,16-17H,1,6,8H2,2-4H3/t11-,14-/m1/s1. The number of aliphatic hydroxyl groups is 1. The Morgan fingerprint density at radius 2 is 2.00 bits per heavy atom. The largest absolute Gasteiger partial charge is 0.508 e. The lowest BCUT2D eigenvalue weighted by Crippen LogP contribution is -2.08. The summed E-state index contributed by atoms with van der Waals surface area (Å²) < 4.78 is 0. The van der Waals surface area contributed by atoms with Crippen LogP contribution in [0.5, 0.6) is 5.75 Å². The summed E-state index contributed by atoms with van der Waals surface area (Å²) in [4.78, 5) is 0. The minimum absolute atomic E-state index is 0.329. The van der Waals surface area contributed by atoms with Crippen molar-refractivity contribution in [1.82, 2.24) is 0 Å². The first-order chi connectivity index (χ1) is 7.91. The maximum atomic E-state index is 9.67. The molecule has 0 amide bonds.